The van der Waals surface area contributed by atoms with Gasteiger partial charge in [0.2, 0.25) is 0 Å². The molecule has 1 aromatic rings. The highest BCUT2D eigenvalue weighted by Gasteiger charge is 2.23. The van der Waals surface area contributed by atoms with Gasteiger partial charge in [-0.05, 0) is 25.1 Å². The van der Waals surface area contributed by atoms with Crippen LogP contribution < -0.4 is 10.5 Å². The summed E-state index contributed by atoms with van der Waals surface area (Å²) < 4.78 is 5.47. The Kier molecular flexibility index (Phi) is 2.60. The van der Waals surface area contributed by atoms with Crippen LogP contribution >= 0.6 is 0 Å². The molecule has 1 unspecified atom stereocenters. The second-order valence-corrected chi connectivity index (χ2v) is 3.70. The van der Waals surface area contributed by atoms with Crippen molar-refractivity contribution >= 4 is 5.97 Å². The summed E-state index contributed by atoms with van der Waals surface area (Å²) in [5, 5.41) is 9.01. The Balaban J connectivity index is 2.40. The minimum Gasteiger partial charge on any atom is -0.493 e. The molecule has 15 heavy (non-hydrogen) atoms. The Morgan fingerprint density at radius 1 is 1.60 bits per heavy atom. The number of nitrogens with two attached hydrogens (primary N) is 1. The maximum absolute atomic E-state index is 11.0. The van der Waals surface area contributed by atoms with Gasteiger partial charge in [0.05, 0.1) is 12.2 Å². The Labute approximate surface area is 87.7 Å². The number of fused-ring (bicyclic) bond motifs is 1. The van der Waals surface area contributed by atoms with E-state index in [1.54, 1.807) is 18.2 Å². The van der Waals surface area contributed by atoms with Gasteiger partial charge in [0.1, 0.15) is 5.75 Å². The maximum atomic E-state index is 11.0. The van der Waals surface area contributed by atoms with Gasteiger partial charge in [-0.25, -0.2) is 4.79 Å². The molecule has 0 radical (unpaired) electrons. The van der Waals surface area contributed by atoms with Crippen molar-refractivity contribution in [3.05, 3.63) is 29.3 Å². The lowest BCUT2D eigenvalue weighted by Crippen LogP contribution is -2.28. The zero-order valence-electron chi connectivity index (χ0n) is 8.27. The van der Waals surface area contributed by atoms with E-state index in [1.165, 1.54) is 0 Å². The Morgan fingerprint density at radius 2 is 2.40 bits per heavy atom. The van der Waals surface area contributed by atoms with E-state index in [0.717, 1.165) is 5.56 Å². The highest BCUT2D eigenvalue weighted by molar-refractivity contribution is 5.90. The molecule has 0 spiro atoms. The van der Waals surface area contributed by atoms with E-state index in [-0.39, 0.29) is 5.92 Å². The van der Waals surface area contributed by atoms with Gasteiger partial charge in [0.15, 0.2) is 0 Å². The smallest absolute Gasteiger partial charge is 0.336 e. The fourth-order valence-corrected chi connectivity index (χ4v) is 1.82. The number of aromatic carboxylic acids is 1. The molecule has 0 fully saturated rings. The van der Waals surface area contributed by atoms with Crippen molar-refractivity contribution in [2.45, 2.75) is 6.42 Å². The Morgan fingerprint density at radius 3 is 3.07 bits per heavy atom. The molecule has 0 saturated carbocycles. The zero-order chi connectivity index (χ0) is 10.8. The number of carbonyl (C=O) groups is 1. The SMILES string of the molecule is NCC1COc2cccc(C(=O)O)c2C1. The first-order valence-corrected chi connectivity index (χ1v) is 4.90. The Bertz CT molecular complexity index is 389. The second-order valence-electron chi connectivity index (χ2n) is 3.70. The van der Waals surface area contributed by atoms with Crippen molar-refractivity contribution in [2.24, 2.45) is 11.7 Å². The highest BCUT2D eigenvalue weighted by atomic mass is 16.5. The summed E-state index contributed by atoms with van der Waals surface area (Å²) in [5.74, 6) is -0.00859. The van der Waals surface area contributed by atoms with Crippen LogP contribution in [0.1, 0.15) is 15.9 Å². The molecule has 0 aliphatic carbocycles. The molecule has 4 nitrogen and oxygen atoms in total. The summed E-state index contributed by atoms with van der Waals surface area (Å²) in [7, 11) is 0. The summed E-state index contributed by atoms with van der Waals surface area (Å²) in [4.78, 5) is 11.0. The van der Waals surface area contributed by atoms with Gasteiger partial charge < -0.3 is 15.6 Å². The van der Waals surface area contributed by atoms with E-state index in [4.69, 9.17) is 15.6 Å². The van der Waals surface area contributed by atoms with Crippen molar-refractivity contribution in [1.29, 1.82) is 0 Å². The van der Waals surface area contributed by atoms with Crippen LogP contribution in [0.15, 0.2) is 18.2 Å². The van der Waals surface area contributed by atoms with Crippen molar-refractivity contribution in [1.82, 2.24) is 0 Å². The molecule has 0 aromatic heterocycles. The van der Waals surface area contributed by atoms with Crippen molar-refractivity contribution in [3.63, 3.8) is 0 Å². The van der Waals surface area contributed by atoms with E-state index >= 15 is 0 Å². The molecule has 1 aliphatic heterocycles. The largest absolute Gasteiger partial charge is 0.493 e. The lowest BCUT2D eigenvalue weighted by Gasteiger charge is -2.25. The normalized spacial score (nSPS) is 19.1. The van der Waals surface area contributed by atoms with Gasteiger partial charge in [-0.1, -0.05) is 6.07 Å². The number of hydrogen-bond acceptors (Lipinski definition) is 3. The predicted molar refractivity (Wildman–Crippen MR) is 55.1 cm³/mol. The van der Waals surface area contributed by atoms with Crippen LogP contribution in [0, 0.1) is 5.92 Å². The zero-order valence-corrected chi connectivity index (χ0v) is 8.27. The van der Waals surface area contributed by atoms with Gasteiger partial charge in [-0.15, -0.1) is 0 Å². The Hall–Kier alpha value is -1.55. The molecule has 1 aromatic carbocycles. The van der Waals surface area contributed by atoms with E-state index in [1.807, 2.05) is 0 Å². The molecular weight excluding hydrogens is 194 g/mol. The van der Waals surface area contributed by atoms with E-state index < -0.39 is 5.97 Å². The maximum Gasteiger partial charge on any atom is 0.336 e. The first-order chi connectivity index (χ1) is 7.22. The van der Waals surface area contributed by atoms with E-state index in [9.17, 15) is 4.79 Å². The lowest BCUT2D eigenvalue weighted by molar-refractivity contribution is 0.0693. The minimum absolute atomic E-state index is 0.220. The van der Waals surface area contributed by atoms with Crippen molar-refractivity contribution in [3.8, 4) is 5.75 Å². The number of benzene rings is 1. The van der Waals surface area contributed by atoms with Crippen LogP contribution in [0.4, 0.5) is 0 Å². The van der Waals surface area contributed by atoms with Crippen LogP contribution in [0.25, 0.3) is 0 Å². The number of rotatable bonds is 2. The lowest BCUT2D eigenvalue weighted by atomic mass is 9.93. The highest BCUT2D eigenvalue weighted by Crippen LogP contribution is 2.29. The molecule has 3 N–H and O–H groups in total. The van der Waals surface area contributed by atoms with Gasteiger partial charge in [0, 0.05) is 11.5 Å². The third-order valence-corrected chi connectivity index (χ3v) is 2.66. The molecule has 1 atom stereocenters. The fourth-order valence-electron chi connectivity index (χ4n) is 1.82. The average molecular weight is 207 g/mol. The van der Waals surface area contributed by atoms with Gasteiger partial charge >= 0.3 is 5.97 Å². The summed E-state index contributed by atoms with van der Waals surface area (Å²) in [5.41, 5.74) is 6.65. The molecular formula is C11H13NO3. The fraction of sp³-hybridized carbons (Fsp3) is 0.364. The molecule has 0 saturated heterocycles. The number of hydrogen-bond donors (Lipinski definition) is 2. The van der Waals surface area contributed by atoms with Crippen molar-refractivity contribution < 1.29 is 14.6 Å². The monoisotopic (exact) mass is 207 g/mol. The third-order valence-electron chi connectivity index (χ3n) is 2.66. The number of carboxylic acids is 1. The minimum atomic E-state index is -0.909. The summed E-state index contributed by atoms with van der Waals surface area (Å²) >= 11 is 0. The van der Waals surface area contributed by atoms with Crippen LogP contribution in [0.2, 0.25) is 0 Å². The molecule has 0 amide bonds. The quantitative estimate of drug-likeness (QED) is 0.755. The van der Waals surface area contributed by atoms with E-state index in [2.05, 4.69) is 0 Å². The standard InChI is InChI=1S/C11H13NO3/c12-5-7-4-9-8(11(13)14)2-1-3-10(9)15-6-7/h1-3,7H,4-6,12H2,(H,13,14). The van der Waals surface area contributed by atoms with Crippen molar-refractivity contribution in [2.75, 3.05) is 13.2 Å². The molecule has 1 heterocycles. The number of ether oxygens (including phenoxy) is 1. The van der Waals surface area contributed by atoms with Crippen LogP contribution in [0.3, 0.4) is 0 Å². The predicted octanol–water partition coefficient (Wildman–Crippen LogP) is 0.895. The van der Waals surface area contributed by atoms with E-state index in [0.29, 0.717) is 30.9 Å². The molecule has 80 valence electrons. The first kappa shape index (κ1) is 9.98. The summed E-state index contributed by atoms with van der Waals surface area (Å²) in [6.45, 7) is 1.10. The molecule has 0 bridgehead atoms. The van der Waals surface area contributed by atoms with Crippen LogP contribution in [-0.2, 0) is 6.42 Å². The van der Waals surface area contributed by atoms with Gasteiger partial charge in [0.25, 0.3) is 0 Å². The second kappa shape index (κ2) is 3.90. The third kappa shape index (κ3) is 1.80. The molecule has 2 rings (SSSR count). The van der Waals surface area contributed by atoms with Crippen LogP contribution in [0.5, 0.6) is 5.75 Å². The van der Waals surface area contributed by atoms with Crippen LogP contribution in [-0.4, -0.2) is 24.2 Å². The molecule has 4 heteroatoms. The van der Waals surface area contributed by atoms with Gasteiger partial charge in [-0.2, -0.15) is 0 Å². The van der Waals surface area contributed by atoms with Gasteiger partial charge in [-0.3, -0.25) is 0 Å². The summed E-state index contributed by atoms with van der Waals surface area (Å²) in [6, 6.07) is 5.10. The number of carboxylic acid groups (broad SMARTS) is 1. The molecule has 1 aliphatic rings. The summed E-state index contributed by atoms with van der Waals surface area (Å²) in [6.07, 6.45) is 0.689. The topological polar surface area (TPSA) is 72.5 Å². The average Bonchev–Trinajstić information content (AvgIpc) is 2.27. The first-order valence-electron chi connectivity index (χ1n) is 4.90.